The van der Waals surface area contributed by atoms with Gasteiger partial charge in [0.25, 0.3) is 0 Å². The van der Waals surface area contributed by atoms with Crippen LogP contribution < -0.4 is 5.32 Å². The van der Waals surface area contributed by atoms with Crippen LogP contribution in [0.2, 0.25) is 0 Å². The van der Waals surface area contributed by atoms with Gasteiger partial charge in [0.15, 0.2) is 0 Å². The average molecular weight is 257 g/mol. The van der Waals surface area contributed by atoms with Crippen molar-refractivity contribution in [1.29, 1.82) is 0 Å². The van der Waals surface area contributed by atoms with Gasteiger partial charge in [-0.3, -0.25) is 0 Å². The predicted octanol–water partition coefficient (Wildman–Crippen LogP) is 3.99. The fraction of sp³-hybridized carbons (Fsp3) is 0.667. The van der Waals surface area contributed by atoms with E-state index in [-0.39, 0.29) is 0 Å². The molecule has 0 spiro atoms. The molecular formula is C18H27N. The second kappa shape index (κ2) is 5.28. The summed E-state index contributed by atoms with van der Waals surface area (Å²) < 4.78 is 0. The minimum Gasteiger partial charge on any atom is -0.316 e. The Hall–Kier alpha value is -0.820. The van der Waals surface area contributed by atoms with Crippen LogP contribution in [0.4, 0.5) is 0 Å². The highest BCUT2D eigenvalue weighted by molar-refractivity contribution is 5.40. The predicted molar refractivity (Wildman–Crippen MR) is 81.4 cm³/mol. The normalized spacial score (nSPS) is 29.8. The van der Waals surface area contributed by atoms with Crippen molar-refractivity contribution in [3.63, 3.8) is 0 Å². The van der Waals surface area contributed by atoms with E-state index in [1.165, 1.54) is 25.7 Å². The van der Waals surface area contributed by atoms with E-state index in [1.807, 2.05) is 0 Å². The Morgan fingerprint density at radius 2 is 1.95 bits per heavy atom. The molecule has 1 heteroatoms. The first kappa shape index (κ1) is 13.2. The van der Waals surface area contributed by atoms with Gasteiger partial charge in [0.1, 0.15) is 0 Å². The first-order valence-electron chi connectivity index (χ1n) is 8.06. The molecule has 3 rings (SSSR count). The molecule has 1 aromatic rings. The highest BCUT2D eigenvalue weighted by Gasteiger charge is 2.56. The molecule has 19 heavy (non-hydrogen) atoms. The minimum absolute atomic E-state index is 0.719. The van der Waals surface area contributed by atoms with Gasteiger partial charge in [-0.15, -0.1) is 0 Å². The van der Waals surface area contributed by atoms with Crippen LogP contribution in [0.15, 0.2) is 24.3 Å². The van der Waals surface area contributed by atoms with E-state index in [0.717, 1.165) is 29.7 Å². The topological polar surface area (TPSA) is 12.0 Å². The largest absolute Gasteiger partial charge is 0.316 e. The fourth-order valence-electron chi connectivity index (χ4n) is 4.65. The Kier molecular flexibility index (Phi) is 3.66. The zero-order chi connectivity index (χ0) is 13.4. The van der Waals surface area contributed by atoms with Gasteiger partial charge in [0.05, 0.1) is 0 Å². The lowest BCUT2D eigenvalue weighted by Gasteiger charge is -2.25. The average Bonchev–Trinajstić information content (AvgIpc) is 3.19. The van der Waals surface area contributed by atoms with Crippen LogP contribution in [-0.2, 0) is 6.42 Å². The summed E-state index contributed by atoms with van der Waals surface area (Å²) in [6.45, 7) is 4.69. The van der Waals surface area contributed by atoms with Crippen LogP contribution in [-0.4, -0.2) is 13.1 Å². The molecule has 4 unspecified atom stereocenters. The lowest BCUT2D eigenvalue weighted by atomic mass is 9.89. The van der Waals surface area contributed by atoms with Crippen molar-refractivity contribution in [1.82, 2.24) is 5.32 Å². The number of fused-ring (bicyclic) bond motifs is 3. The molecule has 0 heterocycles. The van der Waals surface area contributed by atoms with Gasteiger partial charge >= 0.3 is 0 Å². The summed E-state index contributed by atoms with van der Waals surface area (Å²) in [6.07, 6.45) is 5.32. The van der Waals surface area contributed by atoms with E-state index < -0.39 is 0 Å². The molecule has 4 atom stereocenters. The third-order valence-corrected chi connectivity index (χ3v) is 5.70. The molecule has 1 nitrogen and oxygen atoms in total. The Labute approximate surface area is 117 Å². The maximum absolute atomic E-state index is 3.65. The molecule has 1 N–H and O–H groups in total. The molecule has 2 aliphatic carbocycles. The first-order chi connectivity index (χ1) is 9.31. The van der Waals surface area contributed by atoms with Crippen molar-refractivity contribution in [3.8, 4) is 0 Å². The van der Waals surface area contributed by atoms with E-state index in [9.17, 15) is 0 Å². The summed E-state index contributed by atoms with van der Waals surface area (Å²) in [7, 11) is 2.17. The first-order valence-corrected chi connectivity index (χ1v) is 8.06. The van der Waals surface area contributed by atoms with Crippen molar-refractivity contribution in [3.05, 3.63) is 35.4 Å². The van der Waals surface area contributed by atoms with Crippen molar-refractivity contribution < 1.29 is 0 Å². The van der Waals surface area contributed by atoms with Crippen LogP contribution in [0, 0.1) is 17.8 Å². The third kappa shape index (κ3) is 2.12. The molecule has 1 fully saturated rings. The smallest absolute Gasteiger partial charge is 0.0129 e. The van der Waals surface area contributed by atoms with E-state index >= 15 is 0 Å². The SMILES string of the molecule is CCC(CC)C(NC)C1C2CCc3ccccc3C21. The molecule has 0 saturated heterocycles. The molecule has 0 radical (unpaired) electrons. The van der Waals surface area contributed by atoms with Crippen molar-refractivity contribution >= 4 is 0 Å². The van der Waals surface area contributed by atoms with Gasteiger partial charge in [-0.2, -0.15) is 0 Å². The quantitative estimate of drug-likeness (QED) is 0.841. The Balaban J connectivity index is 1.82. The second-order valence-electron chi connectivity index (χ2n) is 6.40. The lowest BCUT2D eigenvalue weighted by Crippen LogP contribution is -2.36. The highest BCUT2D eigenvalue weighted by atomic mass is 14.9. The van der Waals surface area contributed by atoms with Gasteiger partial charge in [-0.25, -0.2) is 0 Å². The Morgan fingerprint density at radius 3 is 2.63 bits per heavy atom. The zero-order valence-electron chi connectivity index (χ0n) is 12.5. The maximum atomic E-state index is 3.65. The molecule has 0 aromatic heterocycles. The molecule has 104 valence electrons. The summed E-state index contributed by atoms with van der Waals surface area (Å²) in [4.78, 5) is 0. The molecule has 1 saturated carbocycles. The molecule has 0 aliphatic heterocycles. The van der Waals surface area contributed by atoms with Crippen molar-refractivity contribution in [2.75, 3.05) is 7.05 Å². The second-order valence-corrected chi connectivity index (χ2v) is 6.40. The molecule has 2 aliphatic rings. The van der Waals surface area contributed by atoms with Gasteiger partial charge in [0, 0.05) is 6.04 Å². The van der Waals surface area contributed by atoms with Crippen LogP contribution in [0.5, 0.6) is 0 Å². The molecule has 0 bridgehead atoms. The number of hydrogen-bond acceptors (Lipinski definition) is 1. The maximum Gasteiger partial charge on any atom is 0.0129 e. The standard InChI is InChI=1S/C18H27N/c1-4-12(5-2)18(19-3)17-15-11-10-13-8-6-7-9-14(13)16(15)17/h6-9,12,15-19H,4-5,10-11H2,1-3H3. The molecular weight excluding hydrogens is 230 g/mol. The monoisotopic (exact) mass is 257 g/mol. The van der Waals surface area contributed by atoms with Gasteiger partial charge in [0.2, 0.25) is 0 Å². The van der Waals surface area contributed by atoms with Crippen LogP contribution >= 0.6 is 0 Å². The van der Waals surface area contributed by atoms with Crippen molar-refractivity contribution in [2.24, 2.45) is 17.8 Å². The number of nitrogens with one attached hydrogen (secondary N) is 1. The van der Waals surface area contributed by atoms with Crippen LogP contribution in [0.25, 0.3) is 0 Å². The summed E-state index contributed by atoms with van der Waals surface area (Å²) in [6, 6.07) is 9.86. The summed E-state index contributed by atoms with van der Waals surface area (Å²) >= 11 is 0. The van der Waals surface area contributed by atoms with Crippen LogP contribution in [0.3, 0.4) is 0 Å². The zero-order valence-corrected chi connectivity index (χ0v) is 12.5. The highest BCUT2D eigenvalue weighted by Crippen LogP contribution is 2.62. The lowest BCUT2D eigenvalue weighted by molar-refractivity contribution is 0.306. The van der Waals surface area contributed by atoms with E-state index in [4.69, 9.17) is 0 Å². The molecule has 1 aromatic carbocycles. The van der Waals surface area contributed by atoms with E-state index in [0.29, 0.717) is 0 Å². The van der Waals surface area contributed by atoms with Gasteiger partial charge in [-0.1, -0.05) is 51.0 Å². The summed E-state index contributed by atoms with van der Waals surface area (Å²) in [5, 5.41) is 3.65. The van der Waals surface area contributed by atoms with Gasteiger partial charge < -0.3 is 5.32 Å². The van der Waals surface area contributed by atoms with E-state index in [1.54, 1.807) is 11.1 Å². The number of rotatable bonds is 5. The minimum atomic E-state index is 0.719. The van der Waals surface area contributed by atoms with Crippen LogP contribution in [0.1, 0.15) is 50.2 Å². The van der Waals surface area contributed by atoms with Gasteiger partial charge in [-0.05, 0) is 54.7 Å². The summed E-state index contributed by atoms with van der Waals surface area (Å²) in [5.41, 5.74) is 3.28. The van der Waals surface area contributed by atoms with E-state index in [2.05, 4.69) is 50.5 Å². The number of hydrogen-bond donors (Lipinski definition) is 1. The number of benzene rings is 1. The Bertz CT molecular complexity index is 435. The third-order valence-electron chi connectivity index (χ3n) is 5.70. The Morgan fingerprint density at radius 1 is 1.21 bits per heavy atom. The number of aryl methyl sites for hydroxylation is 1. The fourth-order valence-corrected chi connectivity index (χ4v) is 4.65. The molecule has 0 amide bonds. The van der Waals surface area contributed by atoms with Crippen molar-refractivity contribution in [2.45, 2.75) is 51.5 Å². The summed E-state index contributed by atoms with van der Waals surface area (Å²) in [5.74, 6) is 3.53.